The van der Waals surface area contributed by atoms with Gasteiger partial charge in [-0.3, -0.25) is 14.8 Å². The van der Waals surface area contributed by atoms with E-state index in [-0.39, 0.29) is 18.5 Å². The maximum atomic E-state index is 12.3. The lowest BCUT2D eigenvalue weighted by Gasteiger charge is -2.29. The van der Waals surface area contributed by atoms with E-state index in [9.17, 15) is 18.0 Å². The number of hydroxylamine groups is 2. The van der Waals surface area contributed by atoms with E-state index in [4.69, 9.17) is 4.55 Å². The molecule has 0 radical (unpaired) electrons. The van der Waals surface area contributed by atoms with Crippen molar-refractivity contribution >= 4 is 22.3 Å². The first kappa shape index (κ1) is 16.4. The zero-order chi connectivity index (χ0) is 16.6. The van der Waals surface area contributed by atoms with Gasteiger partial charge >= 0.3 is 16.4 Å². The smallest absolute Gasteiger partial charge is 0.315 e. The zero-order valence-electron chi connectivity index (χ0n) is 12.3. The molecule has 0 aliphatic carbocycles. The molecule has 4 N–H and O–H groups in total. The second-order valence-corrected chi connectivity index (χ2v) is 6.84. The zero-order valence-corrected chi connectivity index (χ0v) is 13.1. The molecule has 3 rings (SSSR count). The average molecular weight is 349 g/mol. The molecule has 12 heteroatoms. The van der Waals surface area contributed by atoms with Crippen molar-refractivity contribution in [2.45, 2.75) is 37.4 Å². The van der Waals surface area contributed by atoms with Gasteiger partial charge in [0.05, 0.1) is 6.04 Å². The summed E-state index contributed by atoms with van der Waals surface area (Å²) in [6.07, 6.45) is 1.69. The molecule has 3 aliphatic rings. The van der Waals surface area contributed by atoms with E-state index in [2.05, 4.69) is 20.5 Å². The summed E-state index contributed by atoms with van der Waals surface area (Å²) in [6, 6.07) is -1.80. The van der Waals surface area contributed by atoms with E-state index in [1.807, 2.05) is 0 Å². The molecule has 0 aromatic heterocycles. The molecule has 3 fully saturated rings. The van der Waals surface area contributed by atoms with Gasteiger partial charge in [0.15, 0.2) is 0 Å². The van der Waals surface area contributed by atoms with Crippen molar-refractivity contribution in [1.82, 2.24) is 26.1 Å². The predicted octanol–water partition coefficient (Wildman–Crippen LogP) is -2.03. The monoisotopic (exact) mass is 349 g/mol. The molecule has 0 saturated carbocycles. The lowest BCUT2D eigenvalue weighted by atomic mass is 10.0. The topological polar surface area (TPSA) is 140 Å². The van der Waals surface area contributed by atoms with E-state index in [0.29, 0.717) is 17.9 Å². The third-order valence-corrected chi connectivity index (χ3v) is 4.61. The Kier molecular flexibility index (Phi) is 4.42. The number of carbonyl (C=O) groups is 2. The van der Waals surface area contributed by atoms with E-state index in [1.165, 1.54) is 4.90 Å². The van der Waals surface area contributed by atoms with Crippen LogP contribution in [-0.2, 0) is 19.5 Å². The van der Waals surface area contributed by atoms with Crippen molar-refractivity contribution in [2.24, 2.45) is 0 Å². The summed E-state index contributed by atoms with van der Waals surface area (Å²) in [5.41, 5.74) is 5.53. The van der Waals surface area contributed by atoms with Crippen LogP contribution in [0.3, 0.4) is 0 Å². The van der Waals surface area contributed by atoms with Gasteiger partial charge in [-0.05, 0) is 25.8 Å². The number of rotatable bonds is 5. The highest BCUT2D eigenvalue weighted by molar-refractivity contribution is 7.80. The fourth-order valence-corrected chi connectivity index (χ4v) is 3.53. The summed E-state index contributed by atoms with van der Waals surface area (Å²) >= 11 is 0. The number of hydrogen-bond acceptors (Lipinski definition) is 7. The quantitative estimate of drug-likeness (QED) is 0.329. The van der Waals surface area contributed by atoms with Gasteiger partial charge < -0.3 is 10.2 Å². The van der Waals surface area contributed by atoms with E-state index in [0.717, 1.165) is 19.5 Å². The molecule has 0 aromatic rings. The van der Waals surface area contributed by atoms with Gasteiger partial charge in [0, 0.05) is 19.1 Å². The highest BCUT2D eigenvalue weighted by Gasteiger charge is 2.49. The van der Waals surface area contributed by atoms with Crippen molar-refractivity contribution in [3.05, 3.63) is 0 Å². The number of nitrogens with zero attached hydrogens (tertiary/aromatic N) is 2. The Bertz CT molecular complexity index is 592. The van der Waals surface area contributed by atoms with Gasteiger partial charge in [-0.25, -0.2) is 10.2 Å². The van der Waals surface area contributed by atoms with Gasteiger partial charge in [-0.2, -0.15) is 13.5 Å². The van der Waals surface area contributed by atoms with E-state index < -0.39 is 28.5 Å². The Labute approximate surface area is 133 Å². The predicted molar refractivity (Wildman–Crippen MR) is 75.9 cm³/mol. The summed E-state index contributed by atoms with van der Waals surface area (Å²) in [5, 5.41) is 3.78. The first-order valence-corrected chi connectivity index (χ1v) is 8.74. The molecule has 130 valence electrons. The number of hydrogen-bond donors (Lipinski definition) is 4. The molecule has 3 amide bonds. The van der Waals surface area contributed by atoms with Crippen LogP contribution in [0.4, 0.5) is 4.79 Å². The maximum Gasteiger partial charge on any atom is 0.418 e. The summed E-state index contributed by atoms with van der Waals surface area (Å²) in [4.78, 5) is 25.7. The minimum Gasteiger partial charge on any atom is -0.315 e. The van der Waals surface area contributed by atoms with Gasteiger partial charge in [0.25, 0.3) is 5.91 Å². The van der Waals surface area contributed by atoms with E-state index >= 15 is 0 Å². The first-order chi connectivity index (χ1) is 10.8. The molecule has 0 aromatic carbocycles. The van der Waals surface area contributed by atoms with Gasteiger partial charge in [-0.1, -0.05) is 0 Å². The summed E-state index contributed by atoms with van der Waals surface area (Å²) in [7, 11) is -4.78. The molecule has 3 aliphatic heterocycles. The number of hydrazine groups is 1. The highest BCUT2D eigenvalue weighted by atomic mass is 32.3. The number of piperidine rings is 1. The van der Waals surface area contributed by atoms with Crippen LogP contribution in [0.25, 0.3) is 0 Å². The molecule has 23 heavy (non-hydrogen) atoms. The number of fused-ring (bicyclic) bond motifs is 2. The van der Waals surface area contributed by atoms with Crippen molar-refractivity contribution in [1.29, 1.82) is 0 Å². The minimum absolute atomic E-state index is 0.143. The fourth-order valence-electron chi connectivity index (χ4n) is 3.14. The van der Waals surface area contributed by atoms with Crippen LogP contribution in [0.2, 0.25) is 0 Å². The Balaban J connectivity index is 1.60. The molecule has 2 bridgehead atoms. The van der Waals surface area contributed by atoms with Crippen molar-refractivity contribution < 1.29 is 26.8 Å². The Morgan fingerprint density at radius 2 is 2.13 bits per heavy atom. The third-order valence-electron chi connectivity index (χ3n) is 4.26. The average Bonchev–Trinajstić information content (AvgIpc) is 3.08. The molecule has 1 unspecified atom stereocenters. The number of urea groups is 1. The molecule has 11 nitrogen and oxygen atoms in total. The fraction of sp³-hybridized carbons (Fsp3) is 0.818. The second kappa shape index (κ2) is 6.20. The lowest BCUT2D eigenvalue weighted by Crippen LogP contribution is -2.55. The standard InChI is InChI=1S/C11H19N5O6S/c17-10(14-13-7-3-4-12-5-7)9-2-1-8-6-15(9)11(18)16(8)22-23(19,20)21/h7-9,12-13H,1-6H2,(H,14,17)(H,19,20,21)/t7?,8-,9+/m1/s1. The van der Waals surface area contributed by atoms with E-state index in [1.54, 1.807) is 0 Å². The van der Waals surface area contributed by atoms with Crippen molar-refractivity contribution in [2.75, 3.05) is 19.6 Å². The van der Waals surface area contributed by atoms with Crippen LogP contribution in [0, 0.1) is 0 Å². The molecular formula is C11H19N5O6S. The van der Waals surface area contributed by atoms with Crippen LogP contribution in [-0.4, -0.2) is 72.6 Å². The minimum atomic E-state index is -4.78. The van der Waals surface area contributed by atoms with Crippen LogP contribution in [0.15, 0.2) is 0 Å². The SMILES string of the molecule is O=C(NNC1CCNC1)[C@@H]1CC[C@@H]2CN1C(=O)N2OS(=O)(=O)O. The summed E-state index contributed by atoms with van der Waals surface area (Å²) < 4.78 is 34.7. The van der Waals surface area contributed by atoms with Crippen LogP contribution >= 0.6 is 0 Å². The Morgan fingerprint density at radius 1 is 1.35 bits per heavy atom. The normalized spacial score (nSPS) is 30.8. The first-order valence-electron chi connectivity index (χ1n) is 7.38. The number of amides is 3. The van der Waals surface area contributed by atoms with Gasteiger partial charge in [0.2, 0.25) is 0 Å². The Morgan fingerprint density at radius 3 is 2.78 bits per heavy atom. The van der Waals surface area contributed by atoms with Crippen molar-refractivity contribution in [3.8, 4) is 0 Å². The molecular weight excluding hydrogens is 330 g/mol. The van der Waals surface area contributed by atoms with Crippen LogP contribution in [0.5, 0.6) is 0 Å². The largest absolute Gasteiger partial charge is 0.418 e. The number of carbonyl (C=O) groups excluding carboxylic acids is 2. The third kappa shape index (κ3) is 3.55. The molecule has 3 saturated heterocycles. The molecule has 0 spiro atoms. The van der Waals surface area contributed by atoms with Crippen LogP contribution < -0.4 is 16.2 Å². The van der Waals surface area contributed by atoms with Crippen LogP contribution in [0.1, 0.15) is 19.3 Å². The second-order valence-electron chi connectivity index (χ2n) is 5.83. The number of nitrogens with one attached hydrogen (secondary N) is 3. The van der Waals surface area contributed by atoms with Crippen molar-refractivity contribution in [3.63, 3.8) is 0 Å². The molecule has 3 atom stereocenters. The Hall–Kier alpha value is -1.47. The summed E-state index contributed by atoms with van der Waals surface area (Å²) in [5.74, 6) is -0.350. The van der Waals surface area contributed by atoms with Gasteiger partial charge in [0.1, 0.15) is 6.04 Å². The molecule has 3 heterocycles. The maximum absolute atomic E-state index is 12.3. The highest BCUT2D eigenvalue weighted by Crippen LogP contribution is 2.30. The van der Waals surface area contributed by atoms with Gasteiger partial charge in [-0.15, -0.1) is 4.28 Å². The summed E-state index contributed by atoms with van der Waals surface area (Å²) in [6.45, 7) is 1.81. The lowest BCUT2D eigenvalue weighted by molar-refractivity contribution is -0.127.